The summed E-state index contributed by atoms with van der Waals surface area (Å²) in [5.74, 6) is 0.314. The first-order valence-corrected chi connectivity index (χ1v) is 9.37. The molecule has 1 fully saturated rings. The SMILES string of the molecule is CCc1cccc(NC(N)=NC[C@H]2CCCN2S(C)(=O)=O)c1. The first-order valence-electron chi connectivity index (χ1n) is 7.53. The molecule has 1 aromatic carbocycles. The lowest BCUT2D eigenvalue weighted by atomic mass is 10.1. The molecule has 0 amide bonds. The molecule has 1 atom stereocenters. The number of sulfonamides is 1. The van der Waals surface area contributed by atoms with Crippen LogP contribution in [0.25, 0.3) is 0 Å². The van der Waals surface area contributed by atoms with Crippen LogP contribution in [0.5, 0.6) is 0 Å². The smallest absolute Gasteiger partial charge is 0.211 e. The number of nitrogens with one attached hydrogen (secondary N) is 1. The van der Waals surface area contributed by atoms with Crippen molar-refractivity contribution in [1.82, 2.24) is 4.31 Å². The van der Waals surface area contributed by atoms with Gasteiger partial charge >= 0.3 is 0 Å². The molecule has 3 N–H and O–H groups in total. The maximum absolute atomic E-state index is 11.7. The van der Waals surface area contributed by atoms with Crippen molar-refractivity contribution in [3.8, 4) is 0 Å². The number of rotatable bonds is 5. The molecule has 1 saturated heterocycles. The van der Waals surface area contributed by atoms with Crippen molar-refractivity contribution >= 4 is 21.7 Å². The predicted molar refractivity (Wildman–Crippen MR) is 90.5 cm³/mol. The van der Waals surface area contributed by atoms with Crippen LogP contribution in [-0.4, -0.2) is 44.1 Å². The standard InChI is InChI=1S/C15H24N4O2S/c1-3-12-6-4-7-13(10-12)18-15(16)17-11-14-8-5-9-19(14)22(2,20)21/h4,6-7,10,14H,3,5,8-9,11H2,1-2H3,(H3,16,17,18)/t14-/m1/s1. The highest BCUT2D eigenvalue weighted by Crippen LogP contribution is 2.20. The first-order chi connectivity index (χ1) is 10.4. The number of guanidine groups is 1. The minimum atomic E-state index is -3.16. The van der Waals surface area contributed by atoms with E-state index in [1.165, 1.54) is 16.1 Å². The number of benzene rings is 1. The summed E-state index contributed by atoms with van der Waals surface area (Å²) in [5.41, 5.74) is 8.02. The van der Waals surface area contributed by atoms with Gasteiger partial charge in [0.2, 0.25) is 10.0 Å². The summed E-state index contributed by atoms with van der Waals surface area (Å²) in [6.45, 7) is 3.06. The maximum atomic E-state index is 11.7. The molecule has 1 aliphatic heterocycles. The maximum Gasteiger partial charge on any atom is 0.211 e. The summed E-state index contributed by atoms with van der Waals surface area (Å²) in [4.78, 5) is 4.30. The van der Waals surface area contributed by atoms with Gasteiger partial charge in [0.15, 0.2) is 5.96 Å². The van der Waals surface area contributed by atoms with Crippen LogP contribution in [0.15, 0.2) is 29.3 Å². The highest BCUT2D eigenvalue weighted by Gasteiger charge is 2.30. The lowest BCUT2D eigenvalue weighted by Crippen LogP contribution is -2.37. The number of aryl methyl sites for hydroxylation is 1. The van der Waals surface area contributed by atoms with Crippen LogP contribution in [0.2, 0.25) is 0 Å². The molecule has 1 aliphatic rings. The Morgan fingerprint density at radius 1 is 1.50 bits per heavy atom. The summed E-state index contributed by atoms with van der Waals surface area (Å²) in [6, 6.07) is 7.90. The van der Waals surface area contributed by atoms with Crippen LogP contribution < -0.4 is 11.1 Å². The molecular formula is C15H24N4O2S. The molecule has 2 rings (SSSR count). The number of hydrogen-bond donors (Lipinski definition) is 2. The number of nitrogens with zero attached hydrogens (tertiary/aromatic N) is 2. The van der Waals surface area contributed by atoms with Gasteiger partial charge < -0.3 is 11.1 Å². The quantitative estimate of drug-likeness (QED) is 0.633. The Kier molecular flexibility index (Phi) is 5.42. The summed E-state index contributed by atoms with van der Waals surface area (Å²) < 4.78 is 24.9. The van der Waals surface area contributed by atoms with Crippen LogP contribution in [0.3, 0.4) is 0 Å². The first kappa shape index (κ1) is 16.8. The van der Waals surface area contributed by atoms with Crippen molar-refractivity contribution in [2.24, 2.45) is 10.7 Å². The van der Waals surface area contributed by atoms with E-state index in [1.54, 1.807) is 0 Å². The van der Waals surface area contributed by atoms with Crippen LogP contribution in [0.4, 0.5) is 5.69 Å². The van der Waals surface area contributed by atoms with E-state index in [4.69, 9.17) is 5.73 Å². The van der Waals surface area contributed by atoms with Gasteiger partial charge in [0.25, 0.3) is 0 Å². The Bertz CT molecular complexity index is 643. The monoisotopic (exact) mass is 324 g/mol. The van der Waals surface area contributed by atoms with Gasteiger partial charge in [0.1, 0.15) is 0 Å². The molecule has 0 aliphatic carbocycles. The van der Waals surface area contributed by atoms with Gasteiger partial charge in [-0.3, -0.25) is 4.99 Å². The fourth-order valence-corrected chi connectivity index (χ4v) is 3.86. The third-order valence-electron chi connectivity index (χ3n) is 3.83. The zero-order chi connectivity index (χ0) is 16.2. The zero-order valence-corrected chi connectivity index (χ0v) is 13.9. The molecule has 0 aromatic heterocycles. The van der Waals surface area contributed by atoms with E-state index in [2.05, 4.69) is 23.3 Å². The fourth-order valence-electron chi connectivity index (χ4n) is 2.69. The van der Waals surface area contributed by atoms with Gasteiger partial charge in [-0.25, -0.2) is 8.42 Å². The third-order valence-corrected chi connectivity index (χ3v) is 5.16. The summed E-state index contributed by atoms with van der Waals surface area (Å²) in [6.07, 6.45) is 3.90. The lowest BCUT2D eigenvalue weighted by Gasteiger charge is -2.20. The second-order valence-electron chi connectivity index (χ2n) is 5.57. The van der Waals surface area contributed by atoms with Gasteiger partial charge in [0.05, 0.1) is 12.8 Å². The van der Waals surface area contributed by atoms with Crippen LogP contribution in [0.1, 0.15) is 25.3 Å². The molecule has 0 saturated carbocycles. The number of aliphatic imine (C=N–C) groups is 1. The molecule has 22 heavy (non-hydrogen) atoms. The van der Waals surface area contributed by atoms with Crippen LogP contribution in [-0.2, 0) is 16.4 Å². The predicted octanol–water partition coefficient (Wildman–Crippen LogP) is 1.40. The van der Waals surface area contributed by atoms with Gasteiger partial charge in [-0.2, -0.15) is 4.31 Å². The number of hydrogen-bond acceptors (Lipinski definition) is 3. The number of anilines is 1. The third kappa shape index (κ3) is 4.45. The lowest BCUT2D eigenvalue weighted by molar-refractivity contribution is 0.397. The number of nitrogens with two attached hydrogens (primary N) is 1. The highest BCUT2D eigenvalue weighted by molar-refractivity contribution is 7.88. The molecule has 1 aromatic rings. The fraction of sp³-hybridized carbons (Fsp3) is 0.533. The topological polar surface area (TPSA) is 87.8 Å². The zero-order valence-electron chi connectivity index (χ0n) is 13.1. The Labute approximate surface area is 132 Å². The Morgan fingerprint density at radius 2 is 2.27 bits per heavy atom. The van der Waals surface area contributed by atoms with Crippen molar-refractivity contribution in [3.05, 3.63) is 29.8 Å². The molecular weight excluding hydrogens is 300 g/mol. The largest absolute Gasteiger partial charge is 0.370 e. The van der Waals surface area contributed by atoms with E-state index in [0.29, 0.717) is 19.0 Å². The van der Waals surface area contributed by atoms with Gasteiger partial charge in [-0.05, 0) is 37.0 Å². The van der Waals surface area contributed by atoms with E-state index in [9.17, 15) is 8.42 Å². The van der Waals surface area contributed by atoms with Crippen molar-refractivity contribution in [2.75, 3.05) is 24.7 Å². The molecule has 6 nitrogen and oxygen atoms in total. The van der Waals surface area contributed by atoms with Gasteiger partial charge in [-0.15, -0.1) is 0 Å². The Morgan fingerprint density at radius 3 is 2.95 bits per heavy atom. The highest BCUT2D eigenvalue weighted by atomic mass is 32.2. The average molecular weight is 324 g/mol. The van der Waals surface area contributed by atoms with Crippen molar-refractivity contribution in [2.45, 2.75) is 32.2 Å². The van der Waals surface area contributed by atoms with E-state index >= 15 is 0 Å². The van der Waals surface area contributed by atoms with E-state index in [0.717, 1.165) is 24.9 Å². The van der Waals surface area contributed by atoms with Crippen molar-refractivity contribution in [3.63, 3.8) is 0 Å². The van der Waals surface area contributed by atoms with E-state index < -0.39 is 10.0 Å². The van der Waals surface area contributed by atoms with Crippen molar-refractivity contribution < 1.29 is 8.42 Å². The van der Waals surface area contributed by atoms with E-state index in [-0.39, 0.29) is 6.04 Å². The van der Waals surface area contributed by atoms with Crippen molar-refractivity contribution in [1.29, 1.82) is 0 Å². The molecule has 0 radical (unpaired) electrons. The molecule has 1 heterocycles. The second-order valence-corrected chi connectivity index (χ2v) is 7.51. The second kappa shape index (κ2) is 7.11. The normalized spacial score (nSPS) is 20.3. The Hall–Kier alpha value is -1.60. The molecule has 0 bridgehead atoms. The molecule has 0 unspecified atom stereocenters. The summed E-state index contributed by atoms with van der Waals surface area (Å²) in [7, 11) is -3.16. The van der Waals surface area contributed by atoms with E-state index in [1.807, 2.05) is 18.2 Å². The summed E-state index contributed by atoms with van der Waals surface area (Å²) in [5, 5.41) is 3.05. The molecule has 7 heteroatoms. The van der Waals surface area contributed by atoms with Crippen LogP contribution >= 0.6 is 0 Å². The van der Waals surface area contributed by atoms with Gasteiger partial charge in [0, 0.05) is 18.3 Å². The van der Waals surface area contributed by atoms with Crippen LogP contribution in [0, 0.1) is 0 Å². The minimum Gasteiger partial charge on any atom is -0.370 e. The minimum absolute atomic E-state index is 0.0858. The Balaban J connectivity index is 1.97. The van der Waals surface area contributed by atoms with Gasteiger partial charge in [-0.1, -0.05) is 19.1 Å². The summed E-state index contributed by atoms with van der Waals surface area (Å²) >= 11 is 0. The molecule has 0 spiro atoms. The molecule has 122 valence electrons. The average Bonchev–Trinajstić information content (AvgIpc) is 2.94.